The molecule has 0 saturated heterocycles. The predicted octanol–water partition coefficient (Wildman–Crippen LogP) is 3.21. The molecule has 11 nitrogen and oxygen atoms in total. The number of nitrogens with zero attached hydrogens (tertiary/aromatic N) is 3. The highest BCUT2D eigenvalue weighted by molar-refractivity contribution is 5.94. The SMILES string of the molecule is NCCOCCOCCNC(=O)c1ccc(CNc2nc(NCCc3ccccc3)nc(NC3CCCC3)n2)cc1. The maximum Gasteiger partial charge on any atom is 0.251 e. The van der Waals surface area contributed by atoms with Gasteiger partial charge in [-0.15, -0.1) is 0 Å². The number of benzene rings is 2. The molecule has 1 fully saturated rings. The second-order valence-electron chi connectivity index (χ2n) is 9.91. The van der Waals surface area contributed by atoms with Crippen LogP contribution in [0.5, 0.6) is 0 Å². The van der Waals surface area contributed by atoms with E-state index in [2.05, 4.69) is 48.4 Å². The number of nitrogens with two attached hydrogens (primary N) is 1. The van der Waals surface area contributed by atoms with Gasteiger partial charge in [-0.05, 0) is 42.5 Å². The third kappa shape index (κ3) is 10.9. The molecule has 1 saturated carbocycles. The van der Waals surface area contributed by atoms with Gasteiger partial charge < -0.3 is 36.5 Å². The molecule has 1 aliphatic carbocycles. The maximum absolute atomic E-state index is 12.4. The van der Waals surface area contributed by atoms with Crippen LogP contribution in [-0.2, 0) is 22.4 Å². The largest absolute Gasteiger partial charge is 0.378 e. The van der Waals surface area contributed by atoms with E-state index in [0.717, 1.165) is 31.4 Å². The van der Waals surface area contributed by atoms with E-state index < -0.39 is 0 Å². The van der Waals surface area contributed by atoms with Crippen molar-refractivity contribution in [3.8, 4) is 0 Å². The molecule has 11 heteroatoms. The molecule has 4 rings (SSSR count). The zero-order chi connectivity index (χ0) is 28.5. The first-order valence-electron chi connectivity index (χ1n) is 14.5. The number of rotatable bonds is 18. The van der Waals surface area contributed by atoms with Crippen molar-refractivity contribution in [1.82, 2.24) is 20.3 Å². The first-order valence-corrected chi connectivity index (χ1v) is 14.5. The van der Waals surface area contributed by atoms with Crippen LogP contribution in [0.15, 0.2) is 54.6 Å². The molecule has 0 spiro atoms. The summed E-state index contributed by atoms with van der Waals surface area (Å²) >= 11 is 0. The smallest absolute Gasteiger partial charge is 0.251 e. The number of ether oxygens (including phenoxy) is 2. The summed E-state index contributed by atoms with van der Waals surface area (Å²) in [6.45, 7) is 4.07. The van der Waals surface area contributed by atoms with E-state index in [-0.39, 0.29) is 5.91 Å². The van der Waals surface area contributed by atoms with Crippen LogP contribution < -0.4 is 27.0 Å². The number of amides is 1. The molecule has 41 heavy (non-hydrogen) atoms. The van der Waals surface area contributed by atoms with Gasteiger partial charge in [0.1, 0.15) is 0 Å². The molecule has 2 aromatic carbocycles. The maximum atomic E-state index is 12.4. The van der Waals surface area contributed by atoms with Crippen molar-refractivity contribution in [3.05, 3.63) is 71.3 Å². The number of anilines is 3. The van der Waals surface area contributed by atoms with Gasteiger partial charge in [0.05, 0.1) is 26.4 Å². The number of hydrogen-bond donors (Lipinski definition) is 5. The van der Waals surface area contributed by atoms with Gasteiger partial charge in [-0.1, -0.05) is 55.3 Å². The van der Waals surface area contributed by atoms with E-state index in [9.17, 15) is 4.79 Å². The number of carbonyl (C=O) groups is 1. The first-order chi connectivity index (χ1) is 20.2. The summed E-state index contributed by atoms with van der Waals surface area (Å²) in [7, 11) is 0. The van der Waals surface area contributed by atoms with Gasteiger partial charge in [0, 0.05) is 37.8 Å². The van der Waals surface area contributed by atoms with Crippen LogP contribution >= 0.6 is 0 Å². The van der Waals surface area contributed by atoms with Gasteiger partial charge in [-0.2, -0.15) is 15.0 Å². The normalized spacial score (nSPS) is 13.2. The lowest BCUT2D eigenvalue weighted by molar-refractivity contribution is 0.0511. The number of hydrogen-bond acceptors (Lipinski definition) is 10. The van der Waals surface area contributed by atoms with E-state index in [0.29, 0.717) is 75.5 Å². The van der Waals surface area contributed by atoms with Gasteiger partial charge in [0.25, 0.3) is 5.91 Å². The molecule has 220 valence electrons. The number of carbonyl (C=O) groups excluding carboxylic acids is 1. The van der Waals surface area contributed by atoms with E-state index in [1.54, 1.807) is 0 Å². The summed E-state index contributed by atoms with van der Waals surface area (Å²) in [5.41, 5.74) is 8.22. The Hall–Kier alpha value is -3.80. The molecule has 1 aliphatic rings. The monoisotopic (exact) mass is 562 g/mol. The van der Waals surface area contributed by atoms with Gasteiger partial charge in [0.2, 0.25) is 17.8 Å². The van der Waals surface area contributed by atoms with E-state index in [1.807, 2.05) is 42.5 Å². The van der Waals surface area contributed by atoms with Crippen LogP contribution in [0.4, 0.5) is 17.8 Å². The Morgan fingerprint density at radius 1 is 0.780 bits per heavy atom. The van der Waals surface area contributed by atoms with Crippen molar-refractivity contribution >= 4 is 23.8 Å². The highest BCUT2D eigenvalue weighted by atomic mass is 16.5. The van der Waals surface area contributed by atoms with E-state index >= 15 is 0 Å². The lowest BCUT2D eigenvalue weighted by atomic mass is 10.1. The predicted molar refractivity (Wildman–Crippen MR) is 161 cm³/mol. The average Bonchev–Trinajstić information content (AvgIpc) is 3.51. The van der Waals surface area contributed by atoms with Crippen molar-refractivity contribution in [2.45, 2.75) is 44.7 Å². The fraction of sp³-hybridized carbons (Fsp3) is 0.467. The fourth-order valence-corrected chi connectivity index (χ4v) is 4.51. The molecular weight excluding hydrogens is 520 g/mol. The van der Waals surface area contributed by atoms with Gasteiger partial charge >= 0.3 is 0 Å². The lowest BCUT2D eigenvalue weighted by Gasteiger charge is -2.15. The van der Waals surface area contributed by atoms with Gasteiger partial charge in [-0.3, -0.25) is 4.79 Å². The summed E-state index contributed by atoms with van der Waals surface area (Å²) in [6.07, 6.45) is 5.58. The van der Waals surface area contributed by atoms with Crippen molar-refractivity contribution in [2.24, 2.45) is 5.73 Å². The highest BCUT2D eigenvalue weighted by Crippen LogP contribution is 2.22. The molecule has 1 heterocycles. The van der Waals surface area contributed by atoms with E-state index in [4.69, 9.17) is 15.2 Å². The Balaban J connectivity index is 1.26. The summed E-state index contributed by atoms with van der Waals surface area (Å²) in [5.74, 6) is 1.48. The Labute approximate surface area is 242 Å². The average molecular weight is 563 g/mol. The van der Waals surface area contributed by atoms with Gasteiger partial charge in [-0.25, -0.2) is 0 Å². The zero-order valence-corrected chi connectivity index (χ0v) is 23.6. The van der Waals surface area contributed by atoms with E-state index in [1.165, 1.54) is 18.4 Å². The van der Waals surface area contributed by atoms with Crippen LogP contribution in [0.25, 0.3) is 0 Å². The highest BCUT2D eigenvalue weighted by Gasteiger charge is 2.17. The molecule has 1 aromatic heterocycles. The Bertz CT molecular complexity index is 1170. The number of aromatic nitrogens is 3. The topological polar surface area (TPSA) is 148 Å². The number of nitrogens with one attached hydrogen (secondary N) is 4. The molecule has 0 atom stereocenters. The summed E-state index contributed by atoms with van der Waals surface area (Å²) in [4.78, 5) is 26.3. The van der Waals surface area contributed by atoms with Crippen LogP contribution in [0, 0.1) is 0 Å². The molecule has 0 unspecified atom stereocenters. The Morgan fingerprint density at radius 3 is 2.20 bits per heavy atom. The molecule has 6 N–H and O–H groups in total. The lowest BCUT2D eigenvalue weighted by Crippen LogP contribution is -2.27. The standard InChI is InChI=1S/C30H42N8O3/c31-15-18-40-20-21-41-19-17-32-27(39)25-12-10-24(11-13-25)22-34-29-36-28(33-16-14-23-6-2-1-3-7-23)37-30(38-29)35-26-8-4-5-9-26/h1-3,6-7,10-13,26H,4-5,8-9,14-22,31H2,(H,32,39)(H3,33,34,35,36,37,38). The third-order valence-electron chi connectivity index (χ3n) is 6.70. The van der Waals surface area contributed by atoms with Crippen molar-refractivity contribution in [3.63, 3.8) is 0 Å². The Morgan fingerprint density at radius 2 is 1.46 bits per heavy atom. The minimum atomic E-state index is -0.140. The fourth-order valence-electron chi connectivity index (χ4n) is 4.51. The zero-order valence-electron chi connectivity index (χ0n) is 23.6. The quantitative estimate of drug-likeness (QED) is 0.146. The minimum absolute atomic E-state index is 0.140. The van der Waals surface area contributed by atoms with Crippen molar-refractivity contribution < 1.29 is 14.3 Å². The third-order valence-corrected chi connectivity index (χ3v) is 6.70. The molecule has 3 aromatic rings. The molecular formula is C30H42N8O3. The van der Waals surface area contributed by atoms with Crippen LogP contribution in [0.2, 0.25) is 0 Å². The first kappa shape index (κ1) is 30.2. The molecule has 0 radical (unpaired) electrons. The summed E-state index contributed by atoms with van der Waals surface area (Å²) in [5, 5.41) is 13.0. The summed E-state index contributed by atoms with van der Waals surface area (Å²) < 4.78 is 10.7. The van der Waals surface area contributed by atoms with Crippen LogP contribution in [0.1, 0.15) is 47.2 Å². The molecule has 0 bridgehead atoms. The second-order valence-corrected chi connectivity index (χ2v) is 9.91. The van der Waals surface area contributed by atoms with Crippen LogP contribution in [-0.4, -0.2) is 73.0 Å². The van der Waals surface area contributed by atoms with Crippen molar-refractivity contribution in [1.29, 1.82) is 0 Å². The minimum Gasteiger partial charge on any atom is -0.378 e. The second kappa shape index (κ2) is 17.1. The molecule has 1 amide bonds. The summed E-state index contributed by atoms with van der Waals surface area (Å²) in [6, 6.07) is 18.2. The van der Waals surface area contributed by atoms with Crippen LogP contribution in [0.3, 0.4) is 0 Å². The Kier molecular flexibility index (Phi) is 12.6. The molecule has 0 aliphatic heterocycles. The van der Waals surface area contributed by atoms with Gasteiger partial charge in [0.15, 0.2) is 0 Å². The van der Waals surface area contributed by atoms with Crippen molar-refractivity contribution in [2.75, 3.05) is 62.0 Å².